The zero-order valence-electron chi connectivity index (χ0n) is 14.5. The van der Waals surface area contributed by atoms with Crippen LogP contribution in [0.25, 0.3) is 37.7 Å². The number of rotatable bonds is 2. The van der Waals surface area contributed by atoms with Crippen LogP contribution in [-0.4, -0.2) is 32.8 Å². The maximum Gasteiger partial charge on any atom is 0.213 e. The Morgan fingerprint density at radius 3 is 2.86 bits per heavy atom. The van der Waals surface area contributed by atoms with Crippen LogP contribution in [0.15, 0.2) is 53.3 Å². The summed E-state index contributed by atoms with van der Waals surface area (Å²) in [6.07, 6.45) is 3.95. The van der Waals surface area contributed by atoms with Crippen LogP contribution in [0.4, 0.5) is 0 Å². The molecule has 0 radical (unpaired) electrons. The van der Waals surface area contributed by atoms with E-state index in [1.54, 1.807) is 11.3 Å². The van der Waals surface area contributed by atoms with Crippen molar-refractivity contribution in [2.75, 3.05) is 13.2 Å². The highest BCUT2D eigenvalue weighted by Gasteiger charge is 2.17. The fourth-order valence-corrected chi connectivity index (χ4v) is 4.69. The number of aromatic amines is 1. The molecule has 0 bridgehead atoms. The second kappa shape index (κ2) is 6.08. The van der Waals surface area contributed by atoms with Crippen LogP contribution in [0.1, 0.15) is 0 Å². The standard InChI is InChI=1S/C20H13BrN4O2S/c21-12-2-3-15-13(8-12)14(9-22-15)19-24-25-10-16(23-20(25)28-19)11-1-4-17-18(7-11)27-6-5-26-17/h1-4,7-10,22H,5-6H2. The summed E-state index contributed by atoms with van der Waals surface area (Å²) < 4.78 is 14.2. The maximum atomic E-state index is 5.68. The molecule has 0 fully saturated rings. The maximum absolute atomic E-state index is 5.68. The normalized spacial score (nSPS) is 13.5. The molecule has 6 rings (SSSR count). The number of halogens is 1. The third-order valence-electron chi connectivity index (χ3n) is 4.76. The van der Waals surface area contributed by atoms with Crippen LogP contribution in [0.2, 0.25) is 0 Å². The summed E-state index contributed by atoms with van der Waals surface area (Å²) in [7, 11) is 0. The van der Waals surface area contributed by atoms with Crippen LogP contribution in [-0.2, 0) is 0 Å². The molecule has 4 heterocycles. The van der Waals surface area contributed by atoms with Gasteiger partial charge in [-0.1, -0.05) is 27.3 Å². The molecule has 0 saturated carbocycles. The van der Waals surface area contributed by atoms with Crippen molar-refractivity contribution in [1.29, 1.82) is 0 Å². The zero-order valence-corrected chi connectivity index (χ0v) is 16.9. The number of H-pyrrole nitrogens is 1. The first-order valence-corrected chi connectivity index (χ1v) is 10.4. The number of ether oxygens (including phenoxy) is 2. The monoisotopic (exact) mass is 452 g/mol. The van der Waals surface area contributed by atoms with Crippen molar-refractivity contribution in [3.05, 3.63) is 53.3 Å². The molecule has 0 unspecified atom stereocenters. The number of imidazole rings is 1. The first-order valence-electron chi connectivity index (χ1n) is 8.78. The molecule has 1 aliphatic rings. The highest BCUT2D eigenvalue weighted by Crippen LogP contribution is 2.36. The summed E-state index contributed by atoms with van der Waals surface area (Å²) in [6.45, 7) is 1.16. The summed E-state index contributed by atoms with van der Waals surface area (Å²) in [6, 6.07) is 12.1. The minimum absolute atomic E-state index is 0.570. The smallest absolute Gasteiger partial charge is 0.213 e. The summed E-state index contributed by atoms with van der Waals surface area (Å²) in [4.78, 5) is 8.92. The van der Waals surface area contributed by atoms with Gasteiger partial charge in [-0.2, -0.15) is 5.10 Å². The Labute approximate surface area is 171 Å². The molecule has 0 amide bonds. The van der Waals surface area contributed by atoms with Crippen LogP contribution in [0.5, 0.6) is 11.5 Å². The molecule has 6 nitrogen and oxygen atoms in total. The van der Waals surface area contributed by atoms with Crippen molar-refractivity contribution in [2.45, 2.75) is 0 Å². The molecule has 1 aliphatic heterocycles. The topological polar surface area (TPSA) is 64.4 Å². The predicted molar refractivity (Wildman–Crippen MR) is 112 cm³/mol. The summed E-state index contributed by atoms with van der Waals surface area (Å²) in [5.41, 5.74) is 4.01. The van der Waals surface area contributed by atoms with Crippen molar-refractivity contribution in [3.8, 4) is 33.3 Å². The van der Waals surface area contributed by atoms with E-state index in [0.717, 1.165) is 53.7 Å². The van der Waals surface area contributed by atoms with Gasteiger partial charge in [-0.3, -0.25) is 0 Å². The van der Waals surface area contributed by atoms with Crippen molar-refractivity contribution in [3.63, 3.8) is 0 Å². The van der Waals surface area contributed by atoms with E-state index in [-0.39, 0.29) is 0 Å². The Morgan fingerprint density at radius 1 is 1.07 bits per heavy atom. The van der Waals surface area contributed by atoms with Crippen molar-refractivity contribution < 1.29 is 9.47 Å². The van der Waals surface area contributed by atoms with Gasteiger partial charge >= 0.3 is 0 Å². The Kier molecular flexibility index (Phi) is 3.51. The SMILES string of the molecule is Brc1ccc2[nH]cc(-c3nn4cc(-c5ccc6c(c5)OCCO6)nc4s3)c2c1. The van der Waals surface area contributed by atoms with E-state index in [1.807, 2.05) is 41.2 Å². The van der Waals surface area contributed by atoms with Gasteiger partial charge in [-0.05, 0) is 36.4 Å². The molecule has 0 saturated heterocycles. The second-order valence-corrected chi connectivity index (χ2v) is 8.38. The fourth-order valence-electron chi connectivity index (χ4n) is 3.42. The number of hydrogen-bond acceptors (Lipinski definition) is 5. The number of benzene rings is 2. The third kappa shape index (κ3) is 2.52. The van der Waals surface area contributed by atoms with E-state index < -0.39 is 0 Å². The third-order valence-corrected chi connectivity index (χ3v) is 6.20. The van der Waals surface area contributed by atoms with Crippen LogP contribution in [0.3, 0.4) is 0 Å². The lowest BCUT2D eigenvalue weighted by atomic mass is 10.1. The average molecular weight is 453 g/mol. The summed E-state index contributed by atoms with van der Waals surface area (Å²) >= 11 is 5.11. The van der Waals surface area contributed by atoms with E-state index in [2.05, 4.69) is 33.0 Å². The van der Waals surface area contributed by atoms with E-state index >= 15 is 0 Å². The van der Waals surface area contributed by atoms with Crippen LogP contribution >= 0.6 is 27.3 Å². The first-order chi connectivity index (χ1) is 13.7. The highest BCUT2D eigenvalue weighted by molar-refractivity contribution is 9.10. The van der Waals surface area contributed by atoms with Gasteiger partial charge < -0.3 is 14.5 Å². The van der Waals surface area contributed by atoms with Crippen molar-refractivity contribution in [2.24, 2.45) is 0 Å². The molecule has 0 spiro atoms. The Morgan fingerprint density at radius 2 is 1.96 bits per heavy atom. The van der Waals surface area contributed by atoms with Gasteiger partial charge in [0.05, 0.1) is 11.9 Å². The molecule has 5 aromatic rings. The lowest BCUT2D eigenvalue weighted by Crippen LogP contribution is -2.15. The molecule has 3 aromatic heterocycles. The Bertz CT molecular complexity index is 1320. The van der Waals surface area contributed by atoms with Gasteiger partial charge in [0.15, 0.2) is 11.5 Å². The van der Waals surface area contributed by atoms with Gasteiger partial charge in [-0.15, -0.1) is 0 Å². The van der Waals surface area contributed by atoms with Crippen molar-refractivity contribution in [1.82, 2.24) is 19.6 Å². The molecule has 1 N–H and O–H groups in total. The highest BCUT2D eigenvalue weighted by atomic mass is 79.9. The Hall–Kier alpha value is -2.84. The van der Waals surface area contributed by atoms with Gasteiger partial charge in [0, 0.05) is 32.7 Å². The molecule has 138 valence electrons. The van der Waals surface area contributed by atoms with E-state index in [9.17, 15) is 0 Å². The predicted octanol–water partition coefficient (Wildman–Crippen LogP) is 5.14. The number of fused-ring (bicyclic) bond motifs is 3. The first kappa shape index (κ1) is 16.1. The quantitative estimate of drug-likeness (QED) is 0.402. The molecule has 0 atom stereocenters. The molecule has 28 heavy (non-hydrogen) atoms. The second-order valence-electron chi connectivity index (χ2n) is 6.51. The lowest BCUT2D eigenvalue weighted by molar-refractivity contribution is 0.171. The minimum atomic E-state index is 0.570. The van der Waals surface area contributed by atoms with E-state index in [4.69, 9.17) is 19.6 Å². The van der Waals surface area contributed by atoms with Gasteiger partial charge in [-0.25, -0.2) is 9.50 Å². The van der Waals surface area contributed by atoms with Gasteiger partial charge in [0.1, 0.15) is 18.2 Å². The van der Waals surface area contributed by atoms with E-state index in [1.165, 1.54) is 0 Å². The lowest BCUT2D eigenvalue weighted by Gasteiger charge is -2.18. The van der Waals surface area contributed by atoms with Gasteiger partial charge in [0.2, 0.25) is 4.96 Å². The Balaban J connectivity index is 1.41. The average Bonchev–Trinajstić information content (AvgIpc) is 3.39. The number of nitrogens with one attached hydrogen (secondary N) is 1. The fraction of sp³-hybridized carbons (Fsp3) is 0.100. The molecule has 0 aliphatic carbocycles. The summed E-state index contributed by atoms with van der Waals surface area (Å²) in [5, 5.41) is 6.82. The number of hydrogen-bond donors (Lipinski definition) is 1. The zero-order chi connectivity index (χ0) is 18.7. The molecule has 2 aromatic carbocycles. The van der Waals surface area contributed by atoms with E-state index in [0.29, 0.717) is 13.2 Å². The van der Waals surface area contributed by atoms with Crippen molar-refractivity contribution >= 4 is 43.1 Å². The van der Waals surface area contributed by atoms with Gasteiger partial charge in [0.25, 0.3) is 0 Å². The van der Waals surface area contributed by atoms with Crippen LogP contribution in [0, 0.1) is 0 Å². The largest absolute Gasteiger partial charge is 0.486 e. The van der Waals surface area contributed by atoms with Crippen LogP contribution < -0.4 is 9.47 Å². The number of nitrogens with zero attached hydrogens (tertiary/aromatic N) is 3. The minimum Gasteiger partial charge on any atom is -0.486 e. The molecular formula is C20H13BrN4O2S. The summed E-state index contributed by atoms with van der Waals surface area (Å²) in [5.74, 6) is 1.54. The number of aromatic nitrogens is 4. The molecular weight excluding hydrogens is 440 g/mol. The molecule has 8 heteroatoms.